The maximum absolute atomic E-state index is 11.8. The number of aryl methyl sites for hydroxylation is 2. The second-order valence-electron chi connectivity index (χ2n) is 3.88. The first-order valence-electron chi connectivity index (χ1n) is 4.92. The topological polar surface area (TPSA) is 26.9 Å². The van der Waals surface area contributed by atoms with Crippen molar-refractivity contribution in [2.24, 2.45) is 14.1 Å². The second-order valence-corrected chi connectivity index (χ2v) is 6.11. The molecule has 2 aromatic rings. The number of hydrogen-bond donors (Lipinski definition) is 0. The van der Waals surface area contributed by atoms with Crippen molar-refractivity contribution in [3.8, 4) is 0 Å². The molecule has 1 unspecified atom stereocenters. The molecule has 0 spiro atoms. The molecule has 16 heavy (non-hydrogen) atoms. The minimum atomic E-state index is 0.00118. The fourth-order valence-electron chi connectivity index (χ4n) is 1.84. The van der Waals surface area contributed by atoms with Gasteiger partial charge in [0.15, 0.2) is 0 Å². The van der Waals surface area contributed by atoms with Crippen LogP contribution in [0.15, 0.2) is 21.4 Å². The maximum atomic E-state index is 11.8. The molecule has 0 amide bonds. The molecule has 1 heterocycles. The lowest BCUT2D eigenvalue weighted by atomic mass is 10.1. The third kappa shape index (κ3) is 1.66. The number of fused-ring (bicyclic) bond motifs is 1. The van der Waals surface area contributed by atoms with Crippen LogP contribution in [-0.4, -0.2) is 9.13 Å². The first kappa shape index (κ1) is 11.9. The van der Waals surface area contributed by atoms with Crippen LogP contribution in [0, 0.1) is 0 Å². The summed E-state index contributed by atoms with van der Waals surface area (Å²) >= 11 is 7.08. The number of nitrogens with zero attached hydrogens (tertiary/aromatic N) is 2. The predicted octanol–water partition coefficient (Wildman–Crippen LogP) is 3.10. The summed E-state index contributed by atoms with van der Waals surface area (Å²) in [5.74, 6) is 0. The van der Waals surface area contributed by atoms with Gasteiger partial charge in [0.1, 0.15) is 0 Å². The van der Waals surface area contributed by atoms with Crippen molar-refractivity contribution < 1.29 is 0 Å². The highest BCUT2D eigenvalue weighted by molar-refractivity contribution is 9.11. The average molecular weight is 348 g/mol. The molecule has 0 N–H and O–H groups in total. The van der Waals surface area contributed by atoms with E-state index in [9.17, 15) is 4.79 Å². The lowest BCUT2D eigenvalue weighted by molar-refractivity contribution is 0.795. The fourth-order valence-corrected chi connectivity index (χ4v) is 3.20. The van der Waals surface area contributed by atoms with Crippen molar-refractivity contribution in [2.45, 2.75) is 11.8 Å². The molecule has 0 fully saturated rings. The Labute approximate surface area is 110 Å². The molecule has 0 aliphatic rings. The zero-order valence-electron chi connectivity index (χ0n) is 9.29. The lowest BCUT2D eigenvalue weighted by Crippen LogP contribution is -2.19. The van der Waals surface area contributed by atoms with E-state index in [0.717, 1.165) is 21.1 Å². The van der Waals surface area contributed by atoms with Crippen LogP contribution in [-0.2, 0) is 14.1 Å². The molecule has 1 aromatic carbocycles. The Bertz CT molecular complexity index is 610. The van der Waals surface area contributed by atoms with E-state index in [1.54, 1.807) is 23.2 Å². The molecule has 0 aliphatic heterocycles. The van der Waals surface area contributed by atoms with Gasteiger partial charge in [-0.25, -0.2) is 4.79 Å². The van der Waals surface area contributed by atoms with E-state index in [2.05, 4.69) is 38.8 Å². The van der Waals surface area contributed by atoms with Crippen molar-refractivity contribution in [3.63, 3.8) is 0 Å². The van der Waals surface area contributed by atoms with Gasteiger partial charge < -0.3 is 0 Å². The van der Waals surface area contributed by atoms with Gasteiger partial charge in [-0.05, 0) is 24.6 Å². The molecule has 86 valence electrons. The van der Waals surface area contributed by atoms with Gasteiger partial charge >= 0.3 is 5.69 Å². The number of benzene rings is 1. The molecule has 0 saturated carbocycles. The van der Waals surface area contributed by atoms with Crippen molar-refractivity contribution in [2.75, 3.05) is 0 Å². The lowest BCUT2D eigenvalue weighted by Gasteiger charge is -2.07. The summed E-state index contributed by atoms with van der Waals surface area (Å²) in [7, 11) is 3.58. The molecule has 5 heteroatoms. The van der Waals surface area contributed by atoms with Gasteiger partial charge in [-0.3, -0.25) is 9.13 Å². The minimum Gasteiger partial charge on any atom is -0.295 e. The van der Waals surface area contributed by atoms with Crippen LogP contribution >= 0.6 is 31.9 Å². The van der Waals surface area contributed by atoms with Crippen molar-refractivity contribution in [1.29, 1.82) is 0 Å². The third-order valence-corrected chi connectivity index (χ3v) is 4.00. The van der Waals surface area contributed by atoms with E-state index < -0.39 is 0 Å². The van der Waals surface area contributed by atoms with Crippen molar-refractivity contribution >= 4 is 42.9 Å². The van der Waals surface area contributed by atoms with Crippen LogP contribution in [0.2, 0.25) is 0 Å². The monoisotopic (exact) mass is 346 g/mol. The standard InChI is InChI=1S/C11H12Br2N2O/c1-6(12)7-4-9-10(5-8(7)13)15(3)11(16)14(9)2/h4-6H,1-3H3. The Hall–Kier alpha value is -0.550. The molecule has 0 saturated heterocycles. The Morgan fingerprint density at radius 1 is 1.19 bits per heavy atom. The zero-order valence-corrected chi connectivity index (χ0v) is 12.5. The van der Waals surface area contributed by atoms with Gasteiger partial charge in [0, 0.05) is 23.4 Å². The number of alkyl halides is 1. The maximum Gasteiger partial charge on any atom is 0.328 e. The van der Waals surface area contributed by atoms with E-state index in [-0.39, 0.29) is 10.5 Å². The molecular weight excluding hydrogens is 336 g/mol. The summed E-state index contributed by atoms with van der Waals surface area (Å²) in [6.45, 7) is 2.06. The third-order valence-electron chi connectivity index (χ3n) is 2.82. The second kappa shape index (κ2) is 4.04. The van der Waals surface area contributed by atoms with Gasteiger partial charge in [-0.1, -0.05) is 31.9 Å². The van der Waals surface area contributed by atoms with Crippen LogP contribution in [0.25, 0.3) is 11.0 Å². The summed E-state index contributed by atoms with van der Waals surface area (Å²) < 4.78 is 4.34. The van der Waals surface area contributed by atoms with Gasteiger partial charge in [-0.2, -0.15) is 0 Å². The predicted molar refractivity (Wildman–Crippen MR) is 73.2 cm³/mol. The molecule has 1 atom stereocenters. The van der Waals surface area contributed by atoms with Crippen LogP contribution in [0.1, 0.15) is 17.3 Å². The first-order chi connectivity index (χ1) is 7.43. The Morgan fingerprint density at radius 3 is 2.19 bits per heavy atom. The SMILES string of the molecule is CC(Br)c1cc2c(cc1Br)n(C)c(=O)n2C. The first-order valence-corrected chi connectivity index (χ1v) is 6.63. The normalized spacial score (nSPS) is 13.3. The molecule has 2 rings (SSSR count). The van der Waals surface area contributed by atoms with Crippen LogP contribution in [0.5, 0.6) is 0 Å². The van der Waals surface area contributed by atoms with Crippen molar-refractivity contribution in [1.82, 2.24) is 9.13 Å². The summed E-state index contributed by atoms with van der Waals surface area (Å²) in [6.07, 6.45) is 0. The molecule has 0 radical (unpaired) electrons. The van der Waals surface area contributed by atoms with Gasteiger partial charge in [0.2, 0.25) is 0 Å². The highest BCUT2D eigenvalue weighted by atomic mass is 79.9. The highest BCUT2D eigenvalue weighted by Crippen LogP contribution is 2.32. The van der Waals surface area contributed by atoms with Crippen molar-refractivity contribution in [3.05, 3.63) is 32.7 Å². The smallest absolute Gasteiger partial charge is 0.295 e. The quantitative estimate of drug-likeness (QED) is 0.728. The zero-order chi connectivity index (χ0) is 12.0. The van der Waals surface area contributed by atoms with Crippen LogP contribution < -0.4 is 5.69 Å². The summed E-state index contributed by atoms with van der Waals surface area (Å²) in [5, 5.41) is 0. The van der Waals surface area contributed by atoms with Crippen LogP contribution in [0.4, 0.5) is 0 Å². The highest BCUT2D eigenvalue weighted by Gasteiger charge is 2.13. The Kier molecular flexibility index (Phi) is 3.01. The molecule has 0 aliphatic carbocycles. The molecular formula is C11H12Br2N2O. The summed E-state index contributed by atoms with van der Waals surface area (Å²) in [4.78, 5) is 12.0. The number of hydrogen-bond acceptors (Lipinski definition) is 1. The summed E-state index contributed by atoms with van der Waals surface area (Å²) in [5.41, 5.74) is 3.04. The van der Waals surface area contributed by atoms with E-state index in [1.165, 1.54) is 0 Å². The molecule has 0 bridgehead atoms. The number of rotatable bonds is 1. The minimum absolute atomic E-state index is 0.00118. The largest absolute Gasteiger partial charge is 0.328 e. The molecule has 3 nitrogen and oxygen atoms in total. The number of aromatic nitrogens is 2. The van der Waals surface area contributed by atoms with E-state index in [1.807, 2.05) is 12.1 Å². The van der Waals surface area contributed by atoms with E-state index >= 15 is 0 Å². The van der Waals surface area contributed by atoms with Gasteiger partial charge in [0.05, 0.1) is 11.0 Å². The van der Waals surface area contributed by atoms with E-state index in [4.69, 9.17) is 0 Å². The average Bonchev–Trinajstić information content (AvgIpc) is 2.43. The fraction of sp³-hybridized carbons (Fsp3) is 0.364. The molecule has 1 aromatic heterocycles. The number of halogens is 2. The Morgan fingerprint density at radius 2 is 1.69 bits per heavy atom. The Balaban J connectivity index is 2.90. The number of imidazole rings is 1. The van der Waals surface area contributed by atoms with Crippen LogP contribution in [0.3, 0.4) is 0 Å². The van der Waals surface area contributed by atoms with E-state index in [0.29, 0.717) is 0 Å². The van der Waals surface area contributed by atoms with Gasteiger partial charge in [-0.15, -0.1) is 0 Å². The van der Waals surface area contributed by atoms with Gasteiger partial charge in [0.25, 0.3) is 0 Å². The summed E-state index contributed by atoms with van der Waals surface area (Å²) in [6, 6.07) is 4.03.